The van der Waals surface area contributed by atoms with E-state index < -0.39 is 6.36 Å². The fourth-order valence-electron chi connectivity index (χ4n) is 3.09. The van der Waals surface area contributed by atoms with Gasteiger partial charge in [0, 0.05) is 35.2 Å². The van der Waals surface area contributed by atoms with E-state index in [4.69, 9.17) is 10.1 Å². The zero-order valence-electron chi connectivity index (χ0n) is 19.0. The molecule has 3 rings (SSSR count). The first-order valence-electron chi connectivity index (χ1n) is 10.8. The van der Waals surface area contributed by atoms with E-state index in [-0.39, 0.29) is 18.1 Å². The molecule has 0 saturated heterocycles. The topological polar surface area (TPSA) is 105 Å². The number of rotatable bonds is 9. The maximum Gasteiger partial charge on any atom is 0.573 e. The van der Waals surface area contributed by atoms with Gasteiger partial charge in [0.1, 0.15) is 11.6 Å². The third-order valence-corrected chi connectivity index (χ3v) is 4.75. The van der Waals surface area contributed by atoms with E-state index in [9.17, 15) is 23.1 Å². The third-order valence-electron chi connectivity index (χ3n) is 4.75. The van der Waals surface area contributed by atoms with Crippen molar-refractivity contribution in [3.05, 3.63) is 59.3 Å². The van der Waals surface area contributed by atoms with E-state index in [1.807, 2.05) is 19.9 Å². The maximum atomic E-state index is 12.2. The summed E-state index contributed by atoms with van der Waals surface area (Å²) in [5, 5.41) is 20.4. The molecule has 34 heavy (non-hydrogen) atoms. The molecule has 0 aliphatic carbocycles. The number of ether oxygens (including phenoxy) is 2. The van der Waals surface area contributed by atoms with Gasteiger partial charge in [-0.1, -0.05) is 13.8 Å². The first-order valence-corrected chi connectivity index (χ1v) is 10.8. The monoisotopic (exact) mass is 479 g/mol. The average molecular weight is 479 g/mol. The molecule has 0 fully saturated rings. The number of pyridine rings is 1. The van der Waals surface area contributed by atoms with Gasteiger partial charge in [-0.2, -0.15) is 0 Å². The number of aromatic nitrogens is 1. The van der Waals surface area contributed by atoms with E-state index in [0.29, 0.717) is 54.4 Å². The van der Waals surface area contributed by atoms with Crippen molar-refractivity contribution < 1.29 is 32.5 Å². The number of nitrogens with one attached hydrogen (secondary N) is 2. The van der Waals surface area contributed by atoms with Crippen molar-refractivity contribution in [3.8, 4) is 5.75 Å². The van der Waals surface area contributed by atoms with Gasteiger partial charge in [0.05, 0.1) is 19.8 Å². The predicted octanol–water partition coefficient (Wildman–Crippen LogP) is 5.31. The summed E-state index contributed by atoms with van der Waals surface area (Å²) in [5.74, 6) is 0.282. The summed E-state index contributed by atoms with van der Waals surface area (Å²) in [7, 11) is 0. The summed E-state index contributed by atoms with van der Waals surface area (Å²) >= 11 is 0. The van der Waals surface area contributed by atoms with Gasteiger partial charge in [-0.05, 0) is 54.8 Å². The molecule has 3 N–H and O–H groups in total. The number of benzene rings is 1. The van der Waals surface area contributed by atoms with E-state index in [1.54, 1.807) is 6.07 Å². The molecule has 0 saturated carbocycles. The van der Waals surface area contributed by atoms with Crippen LogP contribution in [0.5, 0.6) is 5.75 Å². The predicted molar refractivity (Wildman–Crippen MR) is 123 cm³/mol. The van der Waals surface area contributed by atoms with E-state index >= 15 is 0 Å². The summed E-state index contributed by atoms with van der Waals surface area (Å²) in [6, 6.07) is 6.79. The van der Waals surface area contributed by atoms with E-state index in [1.165, 1.54) is 30.5 Å². The molecule has 0 spiro atoms. The van der Waals surface area contributed by atoms with Gasteiger partial charge < -0.3 is 25.3 Å². The standard InChI is InChI=1S/C16H16F3N3O2.C8H12O2/c1-2-13(20)14-10(9-23)7-8-21-15(14)22-11-3-5-12(6-4-11)24-16(17,18)19;1-2-3-8(9)7-4-5-10-6-7/h3-8,20,23H,2,9H2,1H3,(H,21,22);4H,2-3,5-6H2,1H3. The van der Waals surface area contributed by atoms with Crippen molar-refractivity contribution in [2.75, 3.05) is 18.5 Å². The highest BCUT2D eigenvalue weighted by Crippen LogP contribution is 2.27. The fraction of sp³-hybridized carbons (Fsp3) is 0.375. The van der Waals surface area contributed by atoms with Gasteiger partial charge in [-0.3, -0.25) is 4.79 Å². The molecule has 0 unspecified atom stereocenters. The minimum atomic E-state index is -4.74. The van der Waals surface area contributed by atoms with Crippen molar-refractivity contribution in [2.24, 2.45) is 0 Å². The molecule has 1 aromatic heterocycles. The number of ketones is 1. The second kappa shape index (κ2) is 12.9. The number of Topliss-reactive ketones (excluding diaryl/α,β-unsaturated/α-hetero) is 1. The molecule has 1 aliphatic rings. The maximum absolute atomic E-state index is 12.2. The Morgan fingerprint density at radius 2 is 1.94 bits per heavy atom. The van der Waals surface area contributed by atoms with Crippen LogP contribution in [0.4, 0.5) is 24.7 Å². The Labute approximate surface area is 196 Å². The number of hydrogen-bond donors (Lipinski definition) is 3. The zero-order chi connectivity index (χ0) is 25.1. The summed E-state index contributed by atoms with van der Waals surface area (Å²) < 4.78 is 45.3. The molecule has 1 aromatic carbocycles. The number of carbonyl (C=O) groups excluding carboxylic acids is 1. The van der Waals surface area contributed by atoms with Gasteiger partial charge in [0.25, 0.3) is 0 Å². The SMILES string of the molecule is CCC(=N)c1c(CO)ccnc1Nc1ccc(OC(F)(F)F)cc1.CCCC(=O)C1=CCOC1. The highest BCUT2D eigenvalue weighted by atomic mass is 19.4. The highest BCUT2D eigenvalue weighted by molar-refractivity contribution is 6.03. The number of nitrogens with zero attached hydrogens (tertiary/aromatic N) is 1. The Hall–Kier alpha value is -3.24. The molecule has 2 aromatic rings. The Morgan fingerprint density at radius 3 is 2.47 bits per heavy atom. The molecule has 0 amide bonds. The smallest absolute Gasteiger partial charge is 0.406 e. The van der Waals surface area contributed by atoms with Gasteiger partial charge in [-0.25, -0.2) is 4.98 Å². The first-order chi connectivity index (χ1) is 16.2. The fourth-order valence-corrected chi connectivity index (χ4v) is 3.09. The minimum absolute atomic E-state index is 0.243. The Kier molecular flexibility index (Phi) is 10.2. The van der Waals surface area contributed by atoms with Crippen LogP contribution in [-0.4, -0.2) is 41.2 Å². The van der Waals surface area contributed by atoms with Crippen LogP contribution in [0.15, 0.2) is 48.2 Å². The van der Waals surface area contributed by atoms with Gasteiger partial charge in [0.2, 0.25) is 0 Å². The number of halogens is 3. The van der Waals surface area contributed by atoms with Crippen LogP contribution in [0, 0.1) is 5.41 Å². The minimum Gasteiger partial charge on any atom is -0.406 e. The van der Waals surface area contributed by atoms with Crippen LogP contribution in [0.3, 0.4) is 0 Å². The largest absolute Gasteiger partial charge is 0.573 e. The van der Waals surface area contributed by atoms with E-state index in [2.05, 4.69) is 15.0 Å². The Bertz CT molecular complexity index is 1010. The molecule has 1 aliphatic heterocycles. The summed E-state index contributed by atoms with van der Waals surface area (Å²) in [6.45, 7) is 4.72. The normalized spacial score (nSPS) is 12.9. The average Bonchev–Trinajstić information content (AvgIpc) is 3.34. The number of aliphatic hydroxyl groups is 1. The van der Waals surface area contributed by atoms with Crippen molar-refractivity contribution >= 4 is 23.0 Å². The molecule has 0 radical (unpaired) electrons. The number of alkyl halides is 3. The van der Waals surface area contributed by atoms with Gasteiger partial charge in [0.15, 0.2) is 5.78 Å². The number of aliphatic hydroxyl groups excluding tert-OH is 1. The Balaban J connectivity index is 0.000000340. The van der Waals surface area contributed by atoms with Crippen LogP contribution in [0.1, 0.15) is 44.2 Å². The second-order valence-corrected chi connectivity index (χ2v) is 7.30. The summed E-state index contributed by atoms with van der Waals surface area (Å²) in [6.07, 6.45) is 0.659. The molecule has 184 valence electrons. The number of anilines is 2. The lowest BCUT2D eigenvalue weighted by Gasteiger charge is -2.15. The van der Waals surface area contributed by atoms with Crippen molar-refractivity contribution in [1.82, 2.24) is 4.98 Å². The van der Waals surface area contributed by atoms with Crippen molar-refractivity contribution in [3.63, 3.8) is 0 Å². The van der Waals surface area contributed by atoms with Crippen LogP contribution < -0.4 is 10.1 Å². The quantitative estimate of drug-likeness (QED) is 0.421. The molecule has 2 heterocycles. The van der Waals surface area contributed by atoms with Crippen LogP contribution in [-0.2, 0) is 16.1 Å². The summed E-state index contributed by atoms with van der Waals surface area (Å²) in [4.78, 5) is 15.3. The lowest BCUT2D eigenvalue weighted by Crippen LogP contribution is -2.17. The first kappa shape index (κ1) is 27.0. The van der Waals surface area contributed by atoms with Crippen LogP contribution >= 0.6 is 0 Å². The van der Waals surface area contributed by atoms with Gasteiger partial charge >= 0.3 is 6.36 Å². The lowest BCUT2D eigenvalue weighted by atomic mass is 10.0. The van der Waals surface area contributed by atoms with Crippen molar-refractivity contribution in [2.45, 2.75) is 46.1 Å². The molecule has 0 bridgehead atoms. The molecular weight excluding hydrogens is 451 g/mol. The molecule has 0 atom stereocenters. The molecular formula is C24H28F3N3O4. The lowest BCUT2D eigenvalue weighted by molar-refractivity contribution is -0.274. The van der Waals surface area contributed by atoms with Gasteiger partial charge in [-0.15, -0.1) is 13.2 Å². The zero-order valence-corrected chi connectivity index (χ0v) is 19.0. The van der Waals surface area contributed by atoms with Crippen LogP contribution in [0.2, 0.25) is 0 Å². The number of carbonyl (C=O) groups is 1. The Morgan fingerprint density at radius 1 is 1.24 bits per heavy atom. The van der Waals surface area contributed by atoms with Crippen LogP contribution in [0.25, 0.3) is 0 Å². The summed E-state index contributed by atoms with van der Waals surface area (Å²) in [5.41, 5.74) is 2.68. The third kappa shape index (κ3) is 8.27. The molecule has 10 heteroatoms. The van der Waals surface area contributed by atoms with Crippen molar-refractivity contribution in [1.29, 1.82) is 5.41 Å². The highest BCUT2D eigenvalue weighted by Gasteiger charge is 2.31. The number of hydrogen-bond acceptors (Lipinski definition) is 7. The second-order valence-electron chi connectivity index (χ2n) is 7.30. The molecule has 7 nitrogen and oxygen atoms in total. The van der Waals surface area contributed by atoms with E-state index in [0.717, 1.165) is 12.0 Å².